The molecule has 0 saturated heterocycles. The number of hydrogen-bond acceptors (Lipinski definition) is 5. The molecule has 3 rings (SSSR count). The molecule has 0 radical (unpaired) electrons. The molecule has 160 valence electrons. The summed E-state index contributed by atoms with van der Waals surface area (Å²) in [7, 11) is 8.04. The molecule has 0 spiro atoms. The van der Waals surface area contributed by atoms with Gasteiger partial charge < -0.3 is 19.8 Å². The lowest BCUT2D eigenvalue weighted by Crippen LogP contribution is -2.51. The molecular weight excluding hydrogens is 374 g/mol. The predicted octanol–water partition coefficient (Wildman–Crippen LogP) is 2.42. The minimum absolute atomic E-state index is 0.184. The van der Waals surface area contributed by atoms with E-state index in [-0.39, 0.29) is 11.8 Å². The van der Waals surface area contributed by atoms with Crippen molar-refractivity contribution in [3.05, 3.63) is 83.2 Å². The summed E-state index contributed by atoms with van der Waals surface area (Å²) in [5.41, 5.74) is 3.89. The third kappa shape index (κ3) is 5.10. The molecule has 30 heavy (non-hydrogen) atoms. The zero-order valence-corrected chi connectivity index (χ0v) is 18.5. The number of carbonyl (C=O) groups excluding carboxylic acids is 1. The normalized spacial score (nSPS) is 17.1. The fourth-order valence-electron chi connectivity index (χ4n) is 3.97. The number of rotatable bonds is 10. The standard InChI is InChI=1S/C25H33N3O2/c1-26(2)21(17-20-13-9-6-10-14-20)18-28(4)23-22(24(29)25(23)30)27(3)16-15-19-11-7-5-8-12-19/h5-14,21,24,29H,15-18H2,1-4H3. The molecule has 2 aromatic rings. The lowest BCUT2D eigenvalue weighted by atomic mass is 9.92. The molecule has 2 unspecified atom stereocenters. The Kier molecular flexibility index (Phi) is 7.29. The number of carbonyl (C=O) groups is 1. The number of ketones is 1. The molecular formula is C25H33N3O2. The summed E-state index contributed by atoms with van der Waals surface area (Å²) in [6, 6.07) is 20.9. The van der Waals surface area contributed by atoms with Gasteiger partial charge >= 0.3 is 0 Å². The van der Waals surface area contributed by atoms with E-state index in [0.717, 1.165) is 25.1 Å². The molecule has 0 bridgehead atoms. The second-order valence-electron chi connectivity index (χ2n) is 8.35. The van der Waals surface area contributed by atoms with E-state index in [0.29, 0.717) is 12.2 Å². The van der Waals surface area contributed by atoms with Crippen LogP contribution < -0.4 is 0 Å². The van der Waals surface area contributed by atoms with Crippen LogP contribution in [0.5, 0.6) is 0 Å². The van der Waals surface area contributed by atoms with E-state index in [4.69, 9.17) is 0 Å². The summed E-state index contributed by atoms with van der Waals surface area (Å²) >= 11 is 0. The number of benzene rings is 2. The third-order valence-electron chi connectivity index (χ3n) is 5.88. The maximum absolute atomic E-state index is 12.5. The molecule has 2 atom stereocenters. The Bertz CT molecular complexity index is 864. The predicted molar refractivity (Wildman–Crippen MR) is 121 cm³/mol. The highest BCUT2D eigenvalue weighted by Gasteiger charge is 2.42. The van der Waals surface area contributed by atoms with Gasteiger partial charge in [-0.05, 0) is 38.1 Å². The van der Waals surface area contributed by atoms with Crippen molar-refractivity contribution in [2.45, 2.75) is 25.0 Å². The van der Waals surface area contributed by atoms with Gasteiger partial charge in [-0.15, -0.1) is 0 Å². The molecule has 2 aromatic carbocycles. The van der Waals surface area contributed by atoms with E-state index >= 15 is 0 Å². The summed E-state index contributed by atoms with van der Waals surface area (Å²) in [5.74, 6) is -0.184. The molecule has 5 heteroatoms. The lowest BCUT2D eigenvalue weighted by molar-refractivity contribution is -0.128. The summed E-state index contributed by atoms with van der Waals surface area (Å²) in [6.45, 7) is 1.47. The Balaban J connectivity index is 1.70. The van der Waals surface area contributed by atoms with Crippen molar-refractivity contribution in [3.8, 4) is 0 Å². The van der Waals surface area contributed by atoms with Gasteiger partial charge in [0.2, 0.25) is 5.78 Å². The molecule has 5 nitrogen and oxygen atoms in total. The average molecular weight is 408 g/mol. The van der Waals surface area contributed by atoms with Crippen LogP contribution in [0.3, 0.4) is 0 Å². The van der Waals surface area contributed by atoms with Crippen LogP contribution in [0, 0.1) is 0 Å². The van der Waals surface area contributed by atoms with E-state index < -0.39 is 6.10 Å². The Morgan fingerprint density at radius 1 is 0.867 bits per heavy atom. The highest BCUT2D eigenvalue weighted by molar-refractivity contribution is 6.07. The van der Waals surface area contributed by atoms with Crippen molar-refractivity contribution in [1.29, 1.82) is 0 Å². The Hall–Kier alpha value is -2.63. The van der Waals surface area contributed by atoms with E-state index in [9.17, 15) is 9.90 Å². The number of likely N-dealkylation sites (N-methyl/N-ethyl adjacent to an activating group) is 3. The van der Waals surface area contributed by atoms with Crippen molar-refractivity contribution < 1.29 is 9.90 Å². The van der Waals surface area contributed by atoms with E-state index in [1.54, 1.807) is 0 Å². The summed E-state index contributed by atoms with van der Waals surface area (Å²) in [5, 5.41) is 10.4. The van der Waals surface area contributed by atoms with Crippen LogP contribution in [-0.2, 0) is 17.6 Å². The average Bonchev–Trinajstić information content (AvgIpc) is 2.75. The van der Waals surface area contributed by atoms with Gasteiger partial charge in [0, 0.05) is 33.2 Å². The molecule has 1 aliphatic rings. The van der Waals surface area contributed by atoms with Crippen molar-refractivity contribution in [3.63, 3.8) is 0 Å². The van der Waals surface area contributed by atoms with Crippen LogP contribution >= 0.6 is 0 Å². The number of aliphatic hydroxyl groups is 1. The van der Waals surface area contributed by atoms with Crippen LogP contribution in [0.2, 0.25) is 0 Å². The second kappa shape index (κ2) is 9.92. The molecule has 0 amide bonds. The number of nitrogens with zero attached hydrogens (tertiary/aromatic N) is 3. The highest BCUT2D eigenvalue weighted by Crippen LogP contribution is 2.30. The van der Waals surface area contributed by atoms with Crippen LogP contribution in [-0.4, -0.2) is 79.0 Å². The molecule has 0 fully saturated rings. The molecule has 1 N–H and O–H groups in total. The molecule has 0 aromatic heterocycles. The van der Waals surface area contributed by atoms with Crippen LogP contribution in [0.15, 0.2) is 72.1 Å². The number of aliphatic hydroxyl groups excluding tert-OH is 1. The quantitative estimate of drug-likeness (QED) is 0.656. The summed E-state index contributed by atoms with van der Waals surface area (Å²) in [4.78, 5) is 18.7. The van der Waals surface area contributed by atoms with Gasteiger partial charge in [0.25, 0.3) is 0 Å². The Morgan fingerprint density at radius 3 is 2.00 bits per heavy atom. The smallest absolute Gasteiger partial charge is 0.215 e. The van der Waals surface area contributed by atoms with E-state index in [1.165, 1.54) is 11.1 Å². The first-order valence-corrected chi connectivity index (χ1v) is 10.5. The van der Waals surface area contributed by atoms with Crippen molar-refractivity contribution in [2.75, 3.05) is 41.3 Å². The largest absolute Gasteiger partial charge is 0.378 e. The minimum atomic E-state index is -1.02. The third-order valence-corrected chi connectivity index (χ3v) is 5.88. The minimum Gasteiger partial charge on any atom is -0.378 e. The lowest BCUT2D eigenvalue weighted by Gasteiger charge is -2.41. The van der Waals surface area contributed by atoms with Gasteiger partial charge in [0.1, 0.15) is 5.70 Å². The Morgan fingerprint density at radius 2 is 1.43 bits per heavy atom. The molecule has 0 heterocycles. The topological polar surface area (TPSA) is 47.0 Å². The zero-order chi connectivity index (χ0) is 21.7. The number of hydrogen-bond donors (Lipinski definition) is 1. The van der Waals surface area contributed by atoms with Gasteiger partial charge in [0.15, 0.2) is 6.10 Å². The maximum Gasteiger partial charge on any atom is 0.215 e. The molecule has 0 saturated carbocycles. The van der Waals surface area contributed by atoms with Gasteiger partial charge in [-0.25, -0.2) is 0 Å². The molecule has 0 aliphatic heterocycles. The first-order chi connectivity index (χ1) is 14.4. The van der Waals surface area contributed by atoms with Crippen molar-refractivity contribution >= 4 is 5.78 Å². The van der Waals surface area contributed by atoms with Crippen LogP contribution in [0.4, 0.5) is 0 Å². The number of Topliss-reactive ketones (excluding diaryl/α,β-unsaturated/α-hetero) is 1. The fraction of sp³-hybridized carbons (Fsp3) is 0.400. The Labute approximate surface area is 180 Å². The van der Waals surface area contributed by atoms with Gasteiger partial charge in [-0.1, -0.05) is 60.7 Å². The van der Waals surface area contributed by atoms with Gasteiger partial charge in [0.05, 0.1) is 5.70 Å². The highest BCUT2D eigenvalue weighted by atomic mass is 16.3. The molecule has 1 aliphatic carbocycles. The zero-order valence-electron chi connectivity index (χ0n) is 18.5. The van der Waals surface area contributed by atoms with Crippen molar-refractivity contribution in [2.24, 2.45) is 0 Å². The first kappa shape index (κ1) is 22.1. The van der Waals surface area contributed by atoms with Gasteiger partial charge in [-0.2, -0.15) is 0 Å². The maximum atomic E-state index is 12.5. The van der Waals surface area contributed by atoms with Crippen molar-refractivity contribution in [1.82, 2.24) is 14.7 Å². The fourth-order valence-corrected chi connectivity index (χ4v) is 3.97. The van der Waals surface area contributed by atoms with Crippen LogP contribution in [0.25, 0.3) is 0 Å². The summed E-state index contributed by atoms with van der Waals surface area (Å²) in [6.07, 6.45) is 0.754. The second-order valence-corrected chi connectivity index (χ2v) is 8.35. The summed E-state index contributed by atoms with van der Waals surface area (Å²) < 4.78 is 0. The van der Waals surface area contributed by atoms with E-state index in [2.05, 4.69) is 55.4 Å². The van der Waals surface area contributed by atoms with Crippen LogP contribution in [0.1, 0.15) is 11.1 Å². The van der Waals surface area contributed by atoms with E-state index in [1.807, 2.05) is 48.2 Å². The van der Waals surface area contributed by atoms with Gasteiger partial charge in [-0.3, -0.25) is 4.79 Å². The first-order valence-electron chi connectivity index (χ1n) is 10.5. The monoisotopic (exact) mass is 407 g/mol. The SMILES string of the molecule is CN(CC(Cc1ccccc1)N(C)C)C1=C(N(C)CCc2ccccc2)C(O)C1=O.